The maximum Gasteiger partial charge on any atom is 0.178 e. The summed E-state index contributed by atoms with van der Waals surface area (Å²) in [5, 5.41) is 47.1. The third-order valence-electron chi connectivity index (χ3n) is 25.1. The topological polar surface area (TPSA) is 404 Å². The lowest BCUT2D eigenvalue weighted by Crippen LogP contribution is -2.16. The van der Waals surface area contributed by atoms with Crippen molar-refractivity contribution in [2.75, 3.05) is 17.5 Å². The number of aldehydes is 1. The number of benzene rings is 3. The number of hydrogen-bond donors (Lipinski definition) is 5. The standard InChI is InChI=1S/C30H42N4.C18H24N4O.C16H18N2O2.C12H16N2O2.C10H18N2.C9H9NO2.2C8H12N2O.C8H8O2/c1-19(2)27-14-15-28(20(3)4)33(27)31-23(9)25-12-11-13-26(18-25)24(10)32-34-29(21(5)6)16-17-30(34)22(7)8;1-11-8-9-12(2)21(11)19-14(4)15(5)20-22-13(3)10-18(16(22)6)17(7)23;1-10-6-5-7-14(16(10)20)9-17-18-11(2)8-15(12(18)3)13(4)19;1-7-6-12(11(5)16)9(3)14(7)13-8(2)10(4)15;1-7(2)9-5-6-10(8(3)4)12(9)11;1-6(11)8-4-3-5-9(10-8)7(2)12;2*1-5-4-8(7(3)11)6(2)10(5)9;1-6-3-2-4-7(5-9)8(6)10/h11-22H,1-10H3;8-10H,1-7H3;5-9,20H,1-4H3;6H,1-5H3;5-8H,11H2,1-4H3;3-5H,1-2H3;2*4H,9H2,1-3H3;2-5,10H,1H3/b31-23+,32-24+;19-14+,20-15+;17-9+;13-8+;;;;;. The number of aryl methyl sites for hydroxylation is 9. The van der Waals surface area contributed by atoms with Gasteiger partial charge in [-0.2, -0.15) is 30.6 Å². The summed E-state index contributed by atoms with van der Waals surface area (Å²) in [5.74, 6) is 20.0. The minimum atomic E-state index is -0.127. The fourth-order valence-corrected chi connectivity index (χ4v) is 15.8. The molecule has 13 aromatic rings. The fourth-order valence-electron chi connectivity index (χ4n) is 15.8. The summed E-state index contributed by atoms with van der Waals surface area (Å²) in [6.45, 7) is 74.5. The number of carbonyl (C=O) groups excluding carboxylic acids is 9. The first kappa shape index (κ1) is 124. The van der Waals surface area contributed by atoms with Crippen LogP contribution in [0.25, 0.3) is 0 Å². The number of Topliss-reactive ketones (excluding diaryl/α,β-unsaturated/α-hetero) is 8. The van der Waals surface area contributed by atoms with Gasteiger partial charge in [0, 0.05) is 157 Å². The van der Waals surface area contributed by atoms with E-state index in [0.717, 1.165) is 113 Å². The minimum Gasteiger partial charge on any atom is -0.507 e. The molecule has 0 fully saturated rings. The van der Waals surface area contributed by atoms with Crippen LogP contribution in [0.3, 0.4) is 0 Å². The highest BCUT2D eigenvalue weighted by molar-refractivity contribution is 6.40. The molecule has 3 aromatic carbocycles. The van der Waals surface area contributed by atoms with Crippen LogP contribution in [0.15, 0.2) is 188 Å². The number of para-hydroxylation sites is 2. The van der Waals surface area contributed by atoms with Gasteiger partial charge in [0.15, 0.2) is 52.6 Å². The van der Waals surface area contributed by atoms with Crippen LogP contribution in [0.5, 0.6) is 11.5 Å². The van der Waals surface area contributed by atoms with Crippen molar-refractivity contribution in [2.45, 2.75) is 306 Å². The number of nitrogen functional groups attached to an aromatic ring is 3. The van der Waals surface area contributed by atoms with E-state index in [0.29, 0.717) is 97.8 Å². The highest BCUT2D eigenvalue weighted by atomic mass is 16.3. The molecule has 0 bridgehead atoms. The molecule has 10 heterocycles. The van der Waals surface area contributed by atoms with Gasteiger partial charge in [0.05, 0.1) is 34.6 Å². The Morgan fingerprint density at radius 1 is 0.289 bits per heavy atom. The average Bonchev–Trinajstić information content (AvgIpc) is 1.69. The van der Waals surface area contributed by atoms with Crippen LogP contribution >= 0.6 is 0 Å². The van der Waals surface area contributed by atoms with E-state index in [-0.39, 0.29) is 57.8 Å². The van der Waals surface area contributed by atoms with Crippen LogP contribution in [-0.2, 0) is 4.79 Å². The molecule has 0 amide bonds. The average molecular weight is 2030 g/mol. The summed E-state index contributed by atoms with van der Waals surface area (Å²) in [7, 11) is 0. The first-order valence-electron chi connectivity index (χ1n) is 50.0. The SMILES string of the molecule is C/C(=N\n1c(C(C)C)ccc1C(C)C)c1cccc(/C(C)=N/n2c(C(C)C)ccc2C(C)C)c1.CC(=O)/C(C)=N/n1c(C)cc(C(C)=O)c1C.CC(=O)c1cc(C)n(/N=C(C)/C(C)=N/n2c(C)ccc2C)c1C.CC(=O)c1cc(C)n(/N=C/c2cccc(C)c2O)c1C.CC(=O)c1cc(C)n(N)c1C.CC(=O)c1cc(C)n(N)c1C.CC(=O)c1cccc(C(C)=O)n1.CC(C)c1ccc(C(C)C)n1N.Cc1cccc(C=O)c1O. The lowest BCUT2D eigenvalue weighted by molar-refractivity contribution is -0.111. The van der Waals surface area contributed by atoms with E-state index >= 15 is 0 Å². The highest BCUT2D eigenvalue weighted by Crippen LogP contribution is 2.30. The molecular formula is C119H159N19O11. The maximum atomic E-state index is 11.6. The van der Waals surface area contributed by atoms with E-state index < -0.39 is 0 Å². The lowest BCUT2D eigenvalue weighted by atomic mass is 10.0. The number of aromatic nitrogens is 10. The molecule has 0 radical (unpaired) electrons. The van der Waals surface area contributed by atoms with Gasteiger partial charge >= 0.3 is 0 Å². The van der Waals surface area contributed by atoms with Crippen molar-refractivity contribution in [3.05, 3.63) is 333 Å². The number of hydrogen-bond acceptors (Lipinski definition) is 21. The number of carbonyl (C=O) groups is 9. The first-order valence-corrected chi connectivity index (χ1v) is 50.0. The Morgan fingerprint density at radius 3 is 0.852 bits per heavy atom. The van der Waals surface area contributed by atoms with Crippen molar-refractivity contribution in [1.82, 2.24) is 47.1 Å². The third kappa shape index (κ3) is 33.4. The Bertz CT molecular complexity index is 6900. The lowest BCUT2D eigenvalue weighted by Gasteiger charge is -2.15. The van der Waals surface area contributed by atoms with E-state index in [1.54, 1.807) is 122 Å². The second kappa shape index (κ2) is 55.8. The molecule has 30 heteroatoms. The molecule has 8 N–H and O–H groups in total. The van der Waals surface area contributed by atoms with Gasteiger partial charge in [0.1, 0.15) is 28.6 Å². The van der Waals surface area contributed by atoms with Crippen molar-refractivity contribution in [2.24, 2.45) is 30.6 Å². The van der Waals surface area contributed by atoms with Crippen molar-refractivity contribution >= 4 is 87.3 Å². The van der Waals surface area contributed by atoms with Gasteiger partial charge in [-0.1, -0.05) is 132 Å². The van der Waals surface area contributed by atoms with Crippen LogP contribution in [-0.4, -0.2) is 145 Å². The Labute approximate surface area is 880 Å². The number of phenolic OH excluding ortho intramolecular Hbond substituents is 2. The summed E-state index contributed by atoms with van der Waals surface area (Å²) in [6, 6.07) is 50.2. The van der Waals surface area contributed by atoms with E-state index in [9.17, 15) is 48.3 Å². The van der Waals surface area contributed by atoms with Crippen LogP contribution in [0.2, 0.25) is 0 Å². The van der Waals surface area contributed by atoms with E-state index in [1.165, 1.54) is 71.2 Å². The molecule has 13 rings (SSSR count). The molecule has 0 saturated carbocycles. The monoisotopic (exact) mass is 2030 g/mol. The molecule has 0 saturated heterocycles. The fraction of sp³-hybridized carbons (Fsp3) is 0.378. The Kier molecular flexibility index (Phi) is 46.4. The largest absolute Gasteiger partial charge is 0.507 e. The first-order chi connectivity index (χ1) is 69.5. The molecule has 796 valence electrons. The molecule has 0 unspecified atom stereocenters. The third-order valence-corrected chi connectivity index (χ3v) is 25.1. The molecule has 30 nitrogen and oxygen atoms in total. The molecule has 0 atom stereocenters. The van der Waals surface area contributed by atoms with E-state index in [2.05, 4.69) is 192 Å². The molecule has 10 aromatic heterocycles. The molecule has 0 aliphatic rings. The highest BCUT2D eigenvalue weighted by Gasteiger charge is 2.22. The Hall–Kier alpha value is -15.6. The van der Waals surface area contributed by atoms with E-state index in [4.69, 9.17) is 32.8 Å². The van der Waals surface area contributed by atoms with Crippen molar-refractivity contribution < 1.29 is 53.4 Å². The number of pyridine rings is 1. The summed E-state index contributed by atoms with van der Waals surface area (Å²) < 4.78 is 16.2. The number of aromatic hydroxyl groups is 2. The normalized spacial score (nSPS) is 11.6. The Morgan fingerprint density at radius 2 is 0.570 bits per heavy atom. The predicted molar refractivity (Wildman–Crippen MR) is 608 cm³/mol. The molecular weight excluding hydrogens is 1870 g/mol. The maximum absolute atomic E-state index is 11.6. The molecule has 0 spiro atoms. The number of ketones is 8. The summed E-state index contributed by atoms with van der Waals surface area (Å²) in [6.07, 6.45) is 2.24. The summed E-state index contributed by atoms with van der Waals surface area (Å²) in [5.41, 5.74) is 31.1. The Balaban J connectivity index is 0.000000304. The van der Waals surface area contributed by atoms with Gasteiger partial charge in [-0.25, -0.2) is 33.0 Å². The summed E-state index contributed by atoms with van der Waals surface area (Å²) >= 11 is 0. The van der Waals surface area contributed by atoms with Crippen molar-refractivity contribution in [1.29, 1.82) is 0 Å². The van der Waals surface area contributed by atoms with Crippen molar-refractivity contribution in [3.63, 3.8) is 0 Å². The van der Waals surface area contributed by atoms with Gasteiger partial charge < -0.3 is 27.7 Å². The van der Waals surface area contributed by atoms with Crippen LogP contribution in [0.4, 0.5) is 0 Å². The predicted octanol–water partition coefficient (Wildman–Crippen LogP) is 25.0. The number of nitrogens with zero attached hydrogens (tertiary/aromatic N) is 16. The second-order valence-corrected chi connectivity index (χ2v) is 39.3. The van der Waals surface area contributed by atoms with Gasteiger partial charge in [-0.05, 0) is 333 Å². The zero-order valence-corrected chi connectivity index (χ0v) is 95.1. The zero-order chi connectivity index (χ0) is 113. The van der Waals surface area contributed by atoms with E-state index in [1.807, 2.05) is 150 Å². The van der Waals surface area contributed by atoms with Gasteiger partial charge in [-0.15, -0.1) is 0 Å². The van der Waals surface area contributed by atoms with Crippen LogP contribution < -0.4 is 17.5 Å². The minimum absolute atomic E-state index is 0.00929. The van der Waals surface area contributed by atoms with Gasteiger partial charge in [0.2, 0.25) is 0 Å². The summed E-state index contributed by atoms with van der Waals surface area (Å²) in [4.78, 5) is 103. The van der Waals surface area contributed by atoms with Gasteiger partial charge in [-0.3, -0.25) is 57.2 Å². The molecule has 149 heavy (non-hydrogen) atoms. The molecule has 0 aliphatic carbocycles. The number of rotatable bonds is 25. The number of phenols is 2. The van der Waals surface area contributed by atoms with Gasteiger partial charge in [0.25, 0.3) is 0 Å². The second-order valence-electron chi connectivity index (χ2n) is 39.3. The molecule has 0 aliphatic heterocycles. The van der Waals surface area contributed by atoms with Crippen LogP contribution in [0.1, 0.15) is 422 Å². The number of nitrogens with two attached hydrogens (primary N) is 3. The quantitative estimate of drug-likeness (QED) is 0.0154. The zero-order valence-electron chi connectivity index (χ0n) is 95.1. The van der Waals surface area contributed by atoms with Crippen molar-refractivity contribution in [3.8, 4) is 11.5 Å². The van der Waals surface area contributed by atoms with Crippen LogP contribution in [0, 0.1) is 96.9 Å². The smallest absolute Gasteiger partial charge is 0.178 e.